The van der Waals surface area contributed by atoms with E-state index in [1.807, 2.05) is 6.92 Å². The summed E-state index contributed by atoms with van der Waals surface area (Å²) in [5.41, 5.74) is 1.37. The molecule has 1 aliphatic heterocycles. The van der Waals surface area contributed by atoms with Gasteiger partial charge in [-0.25, -0.2) is 4.90 Å². The first-order chi connectivity index (χ1) is 11.9. The molecule has 2 aromatic rings. The van der Waals surface area contributed by atoms with E-state index in [9.17, 15) is 9.59 Å². The number of thioether (sulfide) groups is 1. The van der Waals surface area contributed by atoms with Crippen LogP contribution >= 0.6 is 46.6 Å². The molecule has 0 saturated carbocycles. The Morgan fingerprint density at radius 1 is 0.880 bits per heavy atom. The molecule has 1 aliphatic rings. The van der Waals surface area contributed by atoms with Crippen LogP contribution in [0.25, 0.3) is 5.57 Å². The summed E-state index contributed by atoms with van der Waals surface area (Å²) >= 11 is 19.3. The van der Waals surface area contributed by atoms with Crippen molar-refractivity contribution in [1.82, 2.24) is 0 Å². The van der Waals surface area contributed by atoms with Crippen molar-refractivity contribution in [3.63, 3.8) is 0 Å². The van der Waals surface area contributed by atoms with Crippen LogP contribution in [0.15, 0.2) is 47.4 Å². The van der Waals surface area contributed by atoms with Gasteiger partial charge in [-0.05, 0) is 41.6 Å². The van der Waals surface area contributed by atoms with Gasteiger partial charge in [0.25, 0.3) is 11.8 Å². The SMILES string of the molecule is CCSC1=C(c2ccc(Cl)cc2)C(=O)N(c2cc(Cl)cc(Cl)c2)C1=O. The van der Waals surface area contributed by atoms with Crippen LogP contribution in [0, 0.1) is 0 Å². The summed E-state index contributed by atoms with van der Waals surface area (Å²) < 4.78 is 0. The summed E-state index contributed by atoms with van der Waals surface area (Å²) in [7, 11) is 0. The molecule has 0 saturated heterocycles. The second-order valence-electron chi connectivity index (χ2n) is 5.22. The van der Waals surface area contributed by atoms with Crippen LogP contribution in [0.1, 0.15) is 12.5 Å². The van der Waals surface area contributed by atoms with Crippen LogP contribution in [-0.4, -0.2) is 17.6 Å². The average molecular weight is 413 g/mol. The summed E-state index contributed by atoms with van der Waals surface area (Å²) in [6.07, 6.45) is 0. The lowest BCUT2D eigenvalue weighted by Crippen LogP contribution is -2.31. The van der Waals surface area contributed by atoms with Gasteiger partial charge in [0.15, 0.2) is 0 Å². The molecular weight excluding hydrogens is 401 g/mol. The van der Waals surface area contributed by atoms with Crippen molar-refractivity contribution in [3.05, 3.63) is 68.0 Å². The molecule has 7 heteroatoms. The van der Waals surface area contributed by atoms with Crippen molar-refractivity contribution in [3.8, 4) is 0 Å². The molecule has 0 radical (unpaired) electrons. The summed E-state index contributed by atoms with van der Waals surface area (Å²) in [4.78, 5) is 27.4. The van der Waals surface area contributed by atoms with Crippen molar-refractivity contribution in [2.45, 2.75) is 6.92 Å². The van der Waals surface area contributed by atoms with Gasteiger partial charge in [-0.3, -0.25) is 9.59 Å². The van der Waals surface area contributed by atoms with E-state index in [0.29, 0.717) is 42.5 Å². The van der Waals surface area contributed by atoms with E-state index in [1.165, 1.54) is 11.8 Å². The lowest BCUT2D eigenvalue weighted by atomic mass is 10.1. The fraction of sp³-hybridized carbons (Fsp3) is 0.111. The highest BCUT2D eigenvalue weighted by molar-refractivity contribution is 8.04. The zero-order chi connectivity index (χ0) is 18.1. The number of amides is 2. The standard InChI is InChI=1S/C18H12Cl3NO2S/c1-2-25-16-15(10-3-5-11(19)6-4-10)17(23)22(18(16)24)14-8-12(20)7-13(21)9-14/h3-9H,2H2,1H3. The molecule has 0 fully saturated rings. The topological polar surface area (TPSA) is 37.4 Å². The molecule has 0 atom stereocenters. The first-order valence-corrected chi connectivity index (χ1v) is 9.52. The quantitative estimate of drug-likeness (QED) is 0.606. The Hall–Kier alpha value is -1.46. The number of rotatable bonds is 4. The lowest BCUT2D eigenvalue weighted by molar-refractivity contribution is -0.119. The maximum absolute atomic E-state index is 13.0. The van der Waals surface area contributed by atoms with Gasteiger partial charge in [0.1, 0.15) is 0 Å². The minimum absolute atomic E-state index is 0.352. The monoisotopic (exact) mass is 411 g/mol. The van der Waals surface area contributed by atoms with Gasteiger partial charge in [-0.15, -0.1) is 11.8 Å². The highest BCUT2D eigenvalue weighted by Crippen LogP contribution is 2.39. The van der Waals surface area contributed by atoms with E-state index in [1.54, 1.807) is 42.5 Å². The largest absolute Gasteiger partial charge is 0.272 e. The number of hydrogen-bond donors (Lipinski definition) is 0. The lowest BCUT2D eigenvalue weighted by Gasteiger charge is -2.16. The maximum Gasteiger partial charge on any atom is 0.272 e. The molecule has 2 amide bonds. The Morgan fingerprint density at radius 3 is 2.04 bits per heavy atom. The number of hydrogen-bond acceptors (Lipinski definition) is 3. The number of halogens is 3. The molecule has 25 heavy (non-hydrogen) atoms. The Labute approximate surface area is 164 Å². The Bertz CT molecular complexity index is 873. The second-order valence-corrected chi connectivity index (χ2v) is 7.80. The van der Waals surface area contributed by atoms with Crippen molar-refractivity contribution in [2.75, 3.05) is 10.7 Å². The van der Waals surface area contributed by atoms with Crippen LogP contribution in [0.4, 0.5) is 5.69 Å². The molecule has 3 rings (SSSR count). The molecule has 1 heterocycles. The van der Waals surface area contributed by atoms with Gasteiger partial charge in [-0.1, -0.05) is 53.9 Å². The van der Waals surface area contributed by atoms with Gasteiger partial charge in [0, 0.05) is 15.1 Å². The van der Waals surface area contributed by atoms with Gasteiger partial charge in [0.2, 0.25) is 0 Å². The molecule has 128 valence electrons. The Kier molecular flexibility index (Phi) is 5.44. The third kappa shape index (κ3) is 3.58. The summed E-state index contributed by atoms with van der Waals surface area (Å²) in [6, 6.07) is 11.5. The van der Waals surface area contributed by atoms with Crippen molar-refractivity contribution >= 4 is 69.6 Å². The van der Waals surface area contributed by atoms with Crippen LogP contribution in [0.3, 0.4) is 0 Å². The number of benzene rings is 2. The molecule has 0 N–H and O–H groups in total. The smallest absolute Gasteiger partial charge is 0.268 e. The van der Waals surface area contributed by atoms with Gasteiger partial charge >= 0.3 is 0 Å². The number of nitrogens with zero attached hydrogens (tertiary/aromatic N) is 1. The summed E-state index contributed by atoms with van der Waals surface area (Å²) in [6.45, 7) is 1.92. The molecule has 3 nitrogen and oxygen atoms in total. The molecule has 2 aromatic carbocycles. The number of carbonyl (C=O) groups excluding carboxylic acids is 2. The van der Waals surface area contributed by atoms with Gasteiger partial charge in [0.05, 0.1) is 16.2 Å². The van der Waals surface area contributed by atoms with Gasteiger partial charge < -0.3 is 0 Å². The van der Waals surface area contributed by atoms with Crippen molar-refractivity contribution in [2.24, 2.45) is 0 Å². The Morgan fingerprint density at radius 2 is 1.48 bits per heavy atom. The van der Waals surface area contributed by atoms with E-state index >= 15 is 0 Å². The first kappa shape index (κ1) is 18.3. The molecule has 0 spiro atoms. The third-order valence-corrected chi connectivity index (χ3v) is 5.21. The fourth-order valence-electron chi connectivity index (χ4n) is 2.56. The fourth-order valence-corrected chi connectivity index (χ4v) is 4.06. The van der Waals surface area contributed by atoms with Crippen LogP contribution < -0.4 is 4.90 Å². The average Bonchev–Trinajstić information content (AvgIpc) is 2.79. The van der Waals surface area contributed by atoms with Crippen LogP contribution in [-0.2, 0) is 9.59 Å². The number of imide groups is 1. The van der Waals surface area contributed by atoms with E-state index < -0.39 is 5.91 Å². The van der Waals surface area contributed by atoms with Gasteiger partial charge in [-0.2, -0.15) is 0 Å². The highest BCUT2D eigenvalue weighted by Gasteiger charge is 2.40. The van der Waals surface area contributed by atoms with E-state index in [-0.39, 0.29) is 5.91 Å². The summed E-state index contributed by atoms with van der Waals surface area (Å²) in [5, 5.41) is 1.27. The molecular formula is C18H12Cl3NO2S. The second kappa shape index (κ2) is 7.42. The van der Waals surface area contributed by atoms with Crippen molar-refractivity contribution < 1.29 is 9.59 Å². The predicted molar refractivity (Wildman–Crippen MR) is 105 cm³/mol. The van der Waals surface area contributed by atoms with E-state index in [4.69, 9.17) is 34.8 Å². The highest BCUT2D eigenvalue weighted by atomic mass is 35.5. The molecule has 0 aliphatic carbocycles. The minimum atomic E-state index is -0.401. The van der Waals surface area contributed by atoms with Crippen LogP contribution in [0.2, 0.25) is 15.1 Å². The zero-order valence-corrected chi connectivity index (χ0v) is 16.1. The molecule has 0 bridgehead atoms. The van der Waals surface area contributed by atoms with Crippen molar-refractivity contribution in [1.29, 1.82) is 0 Å². The van der Waals surface area contributed by atoms with E-state index in [2.05, 4.69) is 0 Å². The summed E-state index contributed by atoms with van der Waals surface area (Å²) in [5.74, 6) is -0.114. The number of carbonyl (C=O) groups is 2. The predicted octanol–water partition coefficient (Wildman–Crippen LogP) is 5.68. The third-order valence-electron chi connectivity index (χ3n) is 3.57. The Balaban J connectivity index is 2.11. The minimum Gasteiger partial charge on any atom is -0.268 e. The van der Waals surface area contributed by atoms with Crippen LogP contribution in [0.5, 0.6) is 0 Å². The molecule has 0 aromatic heterocycles. The first-order valence-electron chi connectivity index (χ1n) is 7.40. The van der Waals surface area contributed by atoms with E-state index in [0.717, 1.165) is 4.90 Å². The normalized spacial score (nSPS) is 14.6. The number of anilines is 1. The zero-order valence-electron chi connectivity index (χ0n) is 13.1. The maximum atomic E-state index is 13.0. The molecule has 0 unspecified atom stereocenters.